The molecule has 0 saturated heterocycles. The fourth-order valence-electron chi connectivity index (χ4n) is 2.90. The largest absolute Gasteiger partial charge is 0.481 e. The van der Waals surface area contributed by atoms with Crippen LogP contribution in [0.25, 0.3) is 21.3 Å². The first kappa shape index (κ1) is 17.4. The summed E-state index contributed by atoms with van der Waals surface area (Å²) in [5.41, 5.74) is 4.20. The summed E-state index contributed by atoms with van der Waals surface area (Å²) in [5, 5.41) is 11.4. The molecule has 5 nitrogen and oxygen atoms in total. The van der Waals surface area contributed by atoms with Crippen LogP contribution in [0.4, 0.5) is 0 Å². The van der Waals surface area contributed by atoms with Crippen LogP contribution in [-0.4, -0.2) is 20.6 Å². The van der Waals surface area contributed by atoms with E-state index in [9.17, 15) is 9.59 Å². The molecule has 1 aromatic carbocycles. The highest BCUT2D eigenvalue weighted by atomic mass is 32.1. The number of aryl methyl sites for hydroxylation is 3. The molecule has 0 spiro atoms. The van der Waals surface area contributed by atoms with E-state index in [0.717, 1.165) is 16.0 Å². The van der Waals surface area contributed by atoms with Crippen LogP contribution in [-0.2, 0) is 11.3 Å². The predicted octanol–water partition coefficient (Wildman–Crippen LogP) is 3.92. The van der Waals surface area contributed by atoms with Gasteiger partial charge in [-0.15, -0.1) is 11.3 Å². The summed E-state index contributed by atoms with van der Waals surface area (Å²) in [5.74, 6) is -0.234. The van der Waals surface area contributed by atoms with Crippen LogP contribution in [0.15, 0.2) is 28.4 Å². The van der Waals surface area contributed by atoms with E-state index >= 15 is 0 Å². The van der Waals surface area contributed by atoms with Gasteiger partial charge in [-0.25, -0.2) is 4.98 Å². The number of hydrogen-bond donors (Lipinski definition) is 1. The highest BCUT2D eigenvalue weighted by Crippen LogP contribution is 2.32. The lowest BCUT2D eigenvalue weighted by atomic mass is 10.0. The van der Waals surface area contributed by atoms with Crippen LogP contribution < -0.4 is 5.56 Å². The van der Waals surface area contributed by atoms with Crippen LogP contribution in [0.1, 0.15) is 29.8 Å². The summed E-state index contributed by atoms with van der Waals surface area (Å²) in [6, 6.07) is 6.17. The van der Waals surface area contributed by atoms with Crippen molar-refractivity contribution in [3.8, 4) is 11.1 Å². The van der Waals surface area contributed by atoms with Gasteiger partial charge in [0.1, 0.15) is 10.7 Å². The van der Waals surface area contributed by atoms with Crippen molar-refractivity contribution in [2.24, 2.45) is 0 Å². The molecule has 0 fully saturated rings. The number of carboxylic acids is 1. The van der Waals surface area contributed by atoms with Crippen molar-refractivity contribution in [3.63, 3.8) is 0 Å². The summed E-state index contributed by atoms with van der Waals surface area (Å²) in [4.78, 5) is 29.0. The topological polar surface area (TPSA) is 72.2 Å². The lowest BCUT2D eigenvalue weighted by molar-refractivity contribution is -0.137. The minimum absolute atomic E-state index is 0.0393. The molecule has 25 heavy (non-hydrogen) atoms. The van der Waals surface area contributed by atoms with Gasteiger partial charge in [0, 0.05) is 23.9 Å². The summed E-state index contributed by atoms with van der Waals surface area (Å²) in [7, 11) is 0. The van der Waals surface area contributed by atoms with Gasteiger partial charge in [-0.05, 0) is 43.9 Å². The van der Waals surface area contributed by atoms with Crippen molar-refractivity contribution in [1.82, 2.24) is 9.55 Å². The summed E-state index contributed by atoms with van der Waals surface area (Å²) < 4.78 is 1.59. The second-order valence-corrected chi connectivity index (χ2v) is 7.10. The van der Waals surface area contributed by atoms with Crippen LogP contribution in [0.3, 0.4) is 0 Å². The average Bonchev–Trinajstić information content (AvgIpc) is 2.96. The minimum atomic E-state index is -0.855. The maximum atomic E-state index is 13.0. The molecule has 0 atom stereocenters. The number of nitrogens with zero attached hydrogens (tertiary/aromatic N) is 2. The average molecular weight is 356 g/mol. The van der Waals surface area contributed by atoms with E-state index in [1.165, 1.54) is 22.5 Å². The van der Waals surface area contributed by atoms with Crippen LogP contribution in [0.2, 0.25) is 0 Å². The van der Waals surface area contributed by atoms with Gasteiger partial charge in [-0.2, -0.15) is 0 Å². The van der Waals surface area contributed by atoms with E-state index in [4.69, 9.17) is 5.11 Å². The minimum Gasteiger partial charge on any atom is -0.481 e. The van der Waals surface area contributed by atoms with Crippen LogP contribution in [0.5, 0.6) is 0 Å². The van der Waals surface area contributed by atoms with Crippen molar-refractivity contribution >= 4 is 27.5 Å². The van der Waals surface area contributed by atoms with E-state index in [2.05, 4.69) is 31.0 Å². The third kappa shape index (κ3) is 3.35. The molecule has 0 bridgehead atoms. The summed E-state index contributed by atoms with van der Waals surface area (Å²) in [6.45, 7) is 6.27. The molecule has 0 aliphatic rings. The molecule has 3 aromatic rings. The van der Waals surface area contributed by atoms with Gasteiger partial charge in [0.2, 0.25) is 0 Å². The normalized spacial score (nSPS) is 11.2. The first-order chi connectivity index (χ1) is 11.9. The number of aliphatic carboxylic acids is 1. The molecule has 2 aromatic heterocycles. The van der Waals surface area contributed by atoms with Crippen molar-refractivity contribution in [3.05, 3.63) is 50.9 Å². The van der Waals surface area contributed by atoms with Crippen molar-refractivity contribution < 1.29 is 9.90 Å². The van der Waals surface area contributed by atoms with Gasteiger partial charge < -0.3 is 5.11 Å². The molecule has 6 heteroatoms. The molecule has 0 unspecified atom stereocenters. The quantitative estimate of drug-likeness (QED) is 0.752. The van der Waals surface area contributed by atoms with Crippen molar-refractivity contribution in [2.45, 2.75) is 40.2 Å². The fourth-order valence-corrected chi connectivity index (χ4v) is 3.88. The number of carbonyl (C=O) groups is 1. The lowest BCUT2D eigenvalue weighted by Gasteiger charge is -2.10. The molecule has 0 amide bonds. The molecule has 0 aliphatic carbocycles. The number of carboxylic acid groups (broad SMARTS) is 1. The van der Waals surface area contributed by atoms with Crippen LogP contribution in [0, 0.1) is 20.8 Å². The number of aromatic nitrogens is 2. The molecule has 130 valence electrons. The Balaban J connectivity index is 2.11. The third-order valence-electron chi connectivity index (χ3n) is 4.47. The van der Waals surface area contributed by atoms with Crippen molar-refractivity contribution in [2.75, 3.05) is 0 Å². The van der Waals surface area contributed by atoms with Crippen LogP contribution >= 0.6 is 11.3 Å². The Morgan fingerprint density at radius 2 is 2.00 bits per heavy atom. The summed E-state index contributed by atoms with van der Waals surface area (Å²) >= 11 is 1.47. The molecule has 3 rings (SSSR count). The van der Waals surface area contributed by atoms with E-state index in [1.807, 2.05) is 11.4 Å². The molecular formula is C19H20N2O3S. The fraction of sp³-hybridized carbons (Fsp3) is 0.316. The van der Waals surface area contributed by atoms with Gasteiger partial charge in [-0.3, -0.25) is 14.2 Å². The number of thiophene rings is 1. The maximum absolute atomic E-state index is 13.0. The molecule has 1 N–H and O–H groups in total. The molecule has 0 radical (unpaired) electrons. The second kappa shape index (κ2) is 6.80. The van der Waals surface area contributed by atoms with Gasteiger partial charge in [0.15, 0.2) is 0 Å². The Kier molecular flexibility index (Phi) is 4.72. The number of hydrogen-bond acceptors (Lipinski definition) is 4. The van der Waals surface area contributed by atoms with E-state index < -0.39 is 5.97 Å². The molecule has 0 aliphatic heterocycles. The monoisotopic (exact) mass is 356 g/mol. The Morgan fingerprint density at radius 3 is 2.68 bits per heavy atom. The van der Waals surface area contributed by atoms with Gasteiger partial charge in [0.25, 0.3) is 5.56 Å². The number of fused-ring (bicyclic) bond motifs is 1. The zero-order valence-electron chi connectivity index (χ0n) is 14.5. The Labute approximate surface area is 149 Å². The predicted molar refractivity (Wildman–Crippen MR) is 100 cm³/mol. The Bertz CT molecular complexity index is 1020. The highest BCUT2D eigenvalue weighted by molar-refractivity contribution is 7.17. The highest BCUT2D eigenvalue weighted by Gasteiger charge is 2.16. The molecule has 2 heterocycles. The lowest BCUT2D eigenvalue weighted by Crippen LogP contribution is -2.24. The van der Waals surface area contributed by atoms with E-state index in [-0.39, 0.29) is 12.0 Å². The Hall–Kier alpha value is -2.47. The van der Waals surface area contributed by atoms with E-state index in [1.54, 1.807) is 11.5 Å². The first-order valence-electron chi connectivity index (χ1n) is 8.16. The zero-order chi connectivity index (χ0) is 18.1. The van der Waals surface area contributed by atoms with Gasteiger partial charge in [0.05, 0.1) is 5.39 Å². The standard InChI is InChI=1S/C19H20N2O3S/c1-11-6-7-14(9-12(11)2)15-10-25-18-17(15)19(24)21(13(3)20-18)8-4-5-16(22)23/h6-7,9-10H,4-5,8H2,1-3H3,(H,22,23). The molecular weight excluding hydrogens is 336 g/mol. The number of rotatable bonds is 5. The van der Waals surface area contributed by atoms with Gasteiger partial charge in [-0.1, -0.05) is 18.2 Å². The molecule has 0 saturated carbocycles. The summed E-state index contributed by atoms with van der Waals surface area (Å²) in [6.07, 6.45) is 0.448. The smallest absolute Gasteiger partial charge is 0.303 e. The van der Waals surface area contributed by atoms with Crippen molar-refractivity contribution in [1.29, 1.82) is 0 Å². The number of benzene rings is 1. The second-order valence-electron chi connectivity index (χ2n) is 6.24. The maximum Gasteiger partial charge on any atom is 0.303 e. The first-order valence-corrected chi connectivity index (χ1v) is 9.04. The van der Waals surface area contributed by atoms with Gasteiger partial charge >= 0.3 is 5.97 Å². The zero-order valence-corrected chi connectivity index (χ0v) is 15.3. The Morgan fingerprint density at radius 1 is 1.24 bits per heavy atom. The van der Waals surface area contributed by atoms with E-state index in [0.29, 0.717) is 24.2 Å². The third-order valence-corrected chi connectivity index (χ3v) is 5.35. The SMILES string of the molecule is Cc1ccc(-c2csc3nc(C)n(CCCC(=O)O)c(=O)c23)cc1C.